The van der Waals surface area contributed by atoms with E-state index in [1.165, 1.54) is 5.56 Å². The number of Topliss-reactive ketones (excluding diaryl/α,β-unsaturated/α-hetero) is 1. The summed E-state index contributed by atoms with van der Waals surface area (Å²) in [4.78, 5) is 28.2. The van der Waals surface area contributed by atoms with E-state index in [4.69, 9.17) is 28.4 Å². The Morgan fingerprint density at radius 1 is 0.830 bits per heavy atom. The molecule has 8 heteroatoms. The number of ketones is 1. The average molecular weight is 653 g/mol. The summed E-state index contributed by atoms with van der Waals surface area (Å²) in [6.45, 7) is 6.19. The summed E-state index contributed by atoms with van der Waals surface area (Å²) in [6, 6.07) is 10.6. The minimum absolute atomic E-state index is 0.0345. The maximum Gasteiger partial charge on any atom is 0.306 e. The van der Waals surface area contributed by atoms with E-state index in [1.807, 2.05) is 13.0 Å². The lowest BCUT2D eigenvalue weighted by Crippen LogP contribution is -2.59. The van der Waals surface area contributed by atoms with Crippen LogP contribution >= 0.6 is 0 Å². The summed E-state index contributed by atoms with van der Waals surface area (Å²) < 4.78 is 36.6. The van der Waals surface area contributed by atoms with Gasteiger partial charge in [-0.05, 0) is 86.5 Å². The number of allylic oxidation sites excluding steroid dienone is 2. The molecule has 15 atom stereocenters. The topological polar surface area (TPSA) is 89.5 Å². The van der Waals surface area contributed by atoms with Crippen molar-refractivity contribution in [3.8, 4) is 0 Å². The number of carbonyl (C=O) groups excluding carboxylic acids is 2. The molecule has 3 aliphatic carbocycles. The van der Waals surface area contributed by atoms with Crippen molar-refractivity contribution >= 4 is 11.8 Å². The average Bonchev–Trinajstić information content (AvgIpc) is 3.63. The van der Waals surface area contributed by atoms with E-state index in [9.17, 15) is 9.59 Å². The minimum atomic E-state index is -0.580. The first-order valence-electron chi connectivity index (χ1n) is 18.1. The highest BCUT2D eigenvalue weighted by atomic mass is 16.7. The second-order valence-electron chi connectivity index (χ2n) is 14.8. The van der Waals surface area contributed by atoms with Crippen LogP contribution in [0.25, 0.3) is 0 Å². The van der Waals surface area contributed by atoms with Gasteiger partial charge in [-0.1, -0.05) is 62.8 Å². The second kappa shape index (κ2) is 15.2. The number of benzene rings is 1. The normalized spacial score (nSPS) is 44.1. The van der Waals surface area contributed by atoms with Crippen LogP contribution < -0.4 is 0 Å². The summed E-state index contributed by atoms with van der Waals surface area (Å²) in [6.07, 6.45) is 9.37. The third-order valence-electron chi connectivity index (χ3n) is 12.3. The maximum atomic E-state index is 14.6. The summed E-state index contributed by atoms with van der Waals surface area (Å²) in [5.41, 5.74) is 1.21. The Hall–Kier alpha value is -2.10. The van der Waals surface area contributed by atoms with Gasteiger partial charge in [0.1, 0.15) is 30.2 Å². The highest BCUT2D eigenvalue weighted by molar-refractivity contribution is 5.86. The minimum Gasteiger partial charge on any atom is -0.462 e. The zero-order chi connectivity index (χ0) is 33.2. The highest BCUT2D eigenvalue weighted by Gasteiger charge is 2.59. The number of cyclic esters (lactones) is 1. The summed E-state index contributed by atoms with van der Waals surface area (Å²) >= 11 is 0. The Morgan fingerprint density at radius 2 is 1.55 bits per heavy atom. The number of ether oxygens (including phenoxy) is 6. The first-order valence-corrected chi connectivity index (χ1v) is 18.1. The number of fused-ring (bicyclic) bond motifs is 5. The van der Waals surface area contributed by atoms with E-state index in [0.717, 1.165) is 44.9 Å². The Kier molecular flexibility index (Phi) is 11.2. The number of methoxy groups -OCH3 is 3. The molecule has 2 saturated carbocycles. The molecule has 1 aromatic rings. The molecule has 260 valence electrons. The smallest absolute Gasteiger partial charge is 0.306 e. The van der Waals surface area contributed by atoms with Crippen molar-refractivity contribution in [2.45, 2.75) is 121 Å². The second-order valence-corrected chi connectivity index (χ2v) is 14.8. The Bertz CT molecular complexity index is 1230. The molecule has 1 aromatic carbocycles. The fraction of sp³-hybridized carbons (Fsp3) is 0.744. The highest BCUT2D eigenvalue weighted by Crippen LogP contribution is 2.62. The zero-order valence-corrected chi connectivity index (χ0v) is 29.1. The van der Waals surface area contributed by atoms with E-state index in [1.54, 1.807) is 21.3 Å². The maximum absolute atomic E-state index is 14.6. The van der Waals surface area contributed by atoms with Crippen LogP contribution in [0.5, 0.6) is 0 Å². The molecule has 0 amide bonds. The quantitative estimate of drug-likeness (QED) is 0.243. The lowest BCUT2D eigenvalue weighted by molar-refractivity contribution is -0.314. The predicted octanol–water partition coefficient (Wildman–Crippen LogP) is 6.51. The number of esters is 1. The standard InChI is InChI=1S/C39H56O8/c1-7-26-16-12-11-13-22(2)35(41)34-30(21-31(40)46-26)28-18-17-25-19-27(20-29(25)33(28)32(34)24-14-9-8-10-15-24)47-39-38(44-6)37(43-5)36(42-4)23(3)45-39/h8-10,14-15,17-18,22-23,25-30,32-34,36-39H,7,11-13,16,19-21H2,1-6H3/t22-,23?,25?,26+,27-,28+,29-,30+,32?,33?,34?,36?,37?,38?,39?/m1/s1. The molecular formula is C39H56O8. The van der Waals surface area contributed by atoms with Crippen molar-refractivity contribution in [2.75, 3.05) is 21.3 Å². The van der Waals surface area contributed by atoms with Gasteiger partial charge >= 0.3 is 5.97 Å². The van der Waals surface area contributed by atoms with Crippen LogP contribution in [0.15, 0.2) is 42.5 Å². The van der Waals surface area contributed by atoms with Crippen molar-refractivity contribution < 1.29 is 38.0 Å². The molecule has 9 unspecified atom stereocenters. The molecule has 0 N–H and O–H groups in total. The van der Waals surface area contributed by atoms with Crippen molar-refractivity contribution in [2.24, 2.45) is 41.4 Å². The molecule has 8 nitrogen and oxygen atoms in total. The fourth-order valence-electron chi connectivity index (χ4n) is 10.1. The monoisotopic (exact) mass is 652 g/mol. The number of hydrogen-bond acceptors (Lipinski definition) is 8. The van der Waals surface area contributed by atoms with Gasteiger partial charge in [0.15, 0.2) is 6.29 Å². The molecular weight excluding hydrogens is 596 g/mol. The number of hydrogen-bond donors (Lipinski definition) is 0. The molecule has 0 radical (unpaired) electrons. The van der Waals surface area contributed by atoms with Crippen LogP contribution in [0.1, 0.15) is 83.6 Å². The molecule has 47 heavy (non-hydrogen) atoms. The van der Waals surface area contributed by atoms with Gasteiger partial charge < -0.3 is 28.4 Å². The Labute approximate surface area is 281 Å². The van der Waals surface area contributed by atoms with Gasteiger partial charge in [-0.15, -0.1) is 0 Å². The first kappa shape index (κ1) is 34.8. The van der Waals surface area contributed by atoms with Crippen LogP contribution in [-0.4, -0.2) is 76.0 Å². The summed E-state index contributed by atoms with van der Waals surface area (Å²) in [5.74, 6) is 0.832. The molecule has 6 rings (SSSR count). The van der Waals surface area contributed by atoms with Crippen LogP contribution in [-0.2, 0) is 38.0 Å². The van der Waals surface area contributed by atoms with Crippen molar-refractivity contribution in [3.63, 3.8) is 0 Å². The third kappa shape index (κ3) is 6.87. The zero-order valence-electron chi connectivity index (χ0n) is 29.1. The lowest BCUT2D eigenvalue weighted by atomic mass is 9.67. The predicted molar refractivity (Wildman–Crippen MR) is 178 cm³/mol. The van der Waals surface area contributed by atoms with E-state index in [-0.39, 0.29) is 78.4 Å². The SMILES string of the molecule is CC[C@H]1CCCC[C@@H](C)C(=O)C2C(c3ccccc3)C3[C@@H]4C[C@H](OC5OC(C)C(OC)C(OC)C5OC)CC4C=C[C@H]3[C@@H]2CC(=O)O1. The van der Waals surface area contributed by atoms with Gasteiger partial charge in [0, 0.05) is 39.6 Å². The Balaban J connectivity index is 1.31. The number of carbonyl (C=O) groups is 2. The van der Waals surface area contributed by atoms with Gasteiger partial charge in [-0.3, -0.25) is 9.59 Å². The van der Waals surface area contributed by atoms with Crippen LogP contribution in [0.3, 0.4) is 0 Å². The van der Waals surface area contributed by atoms with Gasteiger partial charge in [-0.25, -0.2) is 0 Å². The molecule has 0 spiro atoms. The van der Waals surface area contributed by atoms with E-state index < -0.39 is 12.4 Å². The Morgan fingerprint density at radius 3 is 2.26 bits per heavy atom. The van der Waals surface area contributed by atoms with Gasteiger partial charge in [-0.2, -0.15) is 0 Å². The molecule has 0 bridgehead atoms. The van der Waals surface area contributed by atoms with E-state index >= 15 is 0 Å². The summed E-state index contributed by atoms with van der Waals surface area (Å²) in [5, 5.41) is 0. The molecule has 4 fully saturated rings. The molecule has 0 aromatic heterocycles. The summed E-state index contributed by atoms with van der Waals surface area (Å²) in [7, 11) is 5.01. The van der Waals surface area contributed by atoms with Crippen LogP contribution in [0.4, 0.5) is 0 Å². The van der Waals surface area contributed by atoms with Gasteiger partial charge in [0.05, 0.1) is 12.2 Å². The van der Waals surface area contributed by atoms with Crippen molar-refractivity contribution in [1.29, 1.82) is 0 Å². The molecule has 2 saturated heterocycles. The van der Waals surface area contributed by atoms with E-state index in [2.05, 4.69) is 50.3 Å². The number of rotatable bonds is 7. The molecule has 2 aliphatic heterocycles. The first-order chi connectivity index (χ1) is 22.8. The third-order valence-corrected chi connectivity index (χ3v) is 12.3. The lowest BCUT2D eigenvalue weighted by Gasteiger charge is -2.44. The van der Waals surface area contributed by atoms with Gasteiger partial charge in [0.25, 0.3) is 0 Å². The molecule has 2 heterocycles. The van der Waals surface area contributed by atoms with E-state index in [0.29, 0.717) is 17.6 Å². The molecule has 5 aliphatic rings. The van der Waals surface area contributed by atoms with Crippen molar-refractivity contribution in [1.82, 2.24) is 0 Å². The van der Waals surface area contributed by atoms with Crippen LogP contribution in [0, 0.1) is 41.4 Å². The van der Waals surface area contributed by atoms with Crippen LogP contribution in [0.2, 0.25) is 0 Å². The van der Waals surface area contributed by atoms with Gasteiger partial charge in [0.2, 0.25) is 0 Å². The largest absolute Gasteiger partial charge is 0.462 e. The fourth-order valence-corrected chi connectivity index (χ4v) is 10.1. The van der Waals surface area contributed by atoms with Crippen molar-refractivity contribution in [3.05, 3.63) is 48.0 Å².